The summed E-state index contributed by atoms with van der Waals surface area (Å²) >= 11 is 6.25. The van der Waals surface area contributed by atoms with Crippen molar-refractivity contribution < 1.29 is 13.2 Å². The van der Waals surface area contributed by atoms with Crippen molar-refractivity contribution in [1.82, 2.24) is 9.36 Å². The molecule has 16 heavy (non-hydrogen) atoms. The SMILES string of the molecule is CC(CCCl)CNc1nc(C(F)(F)F)ns1. The highest BCUT2D eigenvalue weighted by Crippen LogP contribution is 2.28. The highest BCUT2D eigenvalue weighted by molar-refractivity contribution is 7.09. The van der Waals surface area contributed by atoms with E-state index < -0.39 is 12.0 Å². The van der Waals surface area contributed by atoms with Crippen LogP contribution in [0.3, 0.4) is 0 Å². The standard InChI is InChI=1S/C8H11ClF3N3S/c1-5(2-3-9)4-13-7-14-6(15-16-7)8(10,11)12/h5H,2-4H2,1H3,(H,13,14,15). The van der Waals surface area contributed by atoms with Crippen LogP contribution in [-0.4, -0.2) is 21.8 Å². The minimum Gasteiger partial charge on any atom is -0.360 e. The van der Waals surface area contributed by atoms with E-state index in [2.05, 4.69) is 14.7 Å². The summed E-state index contributed by atoms with van der Waals surface area (Å²) in [4.78, 5) is 3.35. The van der Waals surface area contributed by atoms with E-state index in [-0.39, 0.29) is 11.0 Å². The fourth-order valence-electron chi connectivity index (χ4n) is 0.960. The first-order valence-corrected chi connectivity index (χ1v) is 5.95. The number of hydrogen-bond acceptors (Lipinski definition) is 4. The van der Waals surface area contributed by atoms with Crippen molar-refractivity contribution in [3.63, 3.8) is 0 Å². The zero-order valence-electron chi connectivity index (χ0n) is 8.51. The van der Waals surface area contributed by atoms with E-state index in [1.54, 1.807) is 0 Å². The van der Waals surface area contributed by atoms with E-state index in [4.69, 9.17) is 11.6 Å². The predicted molar refractivity (Wildman–Crippen MR) is 57.9 cm³/mol. The molecule has 1 heterocycles. The second-order valence-corrected chi connectivity index (χ2v) is 4.51. The molecule has 0 aliphatic carbocycles. The molecule has 0 saturated heterocycles. The summed E-state index contributed by atoms with van der Waals surface area (Å²) in [5.74, 6) is -0.270. The van der Waals surface area contributed by atoms with Gasteiger partial charge in [0, 0.05) is 24.0 Å². The maximum atomic E-state index is 12.2. The van der Waals surface area contributed by atoms with Gasteiger partial charge in [-0.1, -0.05) is 6.92 Å². The summed E-state index contributed by atoms with van der Waals surface area (Å²) in [6, 6.07) is 0. The summed E-state index contributed by atoms with van der Waals surface area (Å²) in [6.07, 6.45) is -3.67. The van der Waals surface area contributed by atoms with Gasteiger partial charge in [-0.15, -0.1) is 11.6 Å². The molecule has 0 aliphatic rings. The third kappa shape index (κ3) is 4.13. The lowest BCUT2D eigenvalue weighted by Gasteiger charge is -2.08. The fraction of sp³-hybridized carbons (Fsp3) is 0.750. The molecule has 1 unspecified atom stereocenters. The fourth-order valence-corrected chi connectivity index (χ4v) is 1.93. The summed E-state index contributed by atoms with van der Waals surface area (Å²) in [5.41, 5.74) is 0. The molecule has 0 spiro atoms. The molecule has 1 aromatic heterocycles. The number of anilines is 1. The number of hydrogen-bond donors (Lipinski definition) is 1. The second-order valence-electron chi connectivity index (χ2n) is 3.38. The van der Waals surface area contributed by atoms with Gasteiger partial charge in [0.2, 0.25) is 11.0 Å². The van der Waals surface area contributed by atoms with Crippen molar-refractivity contribution in [1.29, 1.82) is 0 Å². The zero-order chi connectivity index (χ0) is 12.2. The number of nitrogens with one attached hydrogen (secondary N) is 1. The Bertz CT molecular complexity index is 329. The molecule has 0 fully saturated rings. The van der Waals surface area contributed by atoms with Gasteiger partial charge in [-0.05, 0) is 12.3 Å². The van der Waals surface area contributed by atoms with Gasteiger partial charge in [0.05, 0.1) is 0 Å². The molecule has 1 N–H and O–H groups in total. The molecule has 0 saturated carbocycles. The number of halogens is 4. The van der Waals surface area contributed by atoms with Crippen LogP contribution in [0.15, 0.2) is 0 Å². The van der Waals surface area contributed by atoms with Gasteiger partial charge in [-0.2, -0.15) is 22.5 Å². The van der Waals surface area contributed by atoms with Gasteiger partial charge in [0.15, 0.2) is 0 Å². The van der Waals surface area contributed by atoms with Gasteiger partial charge in [-0.3, -0.25) is 0 Å². The largest absolute Gasteiger partial charge is 0.452 e. The van der Waals surface area contributed by atoms with Crippen LogP contribution in [-0.2, 0) is 6.18 Å². The summed E-state index contributed by atoms with van der Waals surface area (Å²) in [5, 5.41) is 3.00. The van der Waals surface area contributed by atoms with E-state index in [0.29, 0.717) is 24.0 Å². The van der Waals surface area contributed by atoms with Crippen LogP contribution in [0.5, 0.6) is 0 Å². The molecular formula is C8H11ClF3N3S. The van der Waals surface area contributed by atoms with Gasteiger partial charge < -0.3 is 5.32 Å². The normalized spacial score (nSPS) is 13.8. The molecule has 0 aromatic carbocycles. The first-order valence-electron chi connectivity index (χ1n) is 4.64. The Hall–Kier alpha value is -0.560. The molecular weight excluding hydrogens is 263 g/mol. The molecule has 92 valence electrons. The maximum Gasteiger partial charge on any atom is 0.452 e. The maximum absolute atomic E-state index is 12.2. The van der Waals surface area contributed by atoms with Crippen LogP contribution in [0.1, 0.15) is 19.2 Å². The highest BCUT2D eigenvalue weighted by atomic mass is 35.5. The Balaban J connectivity index is 2.47. The number of aromatic nitrogens is 2. The summed E-state index contributed by atoms with van der Waals surface area (Å²) in [7, 11) is 0. The molecule has 0 aliphatic heterocycles. The lowest BCUT2D eigenvalue weighted by atomic mass is 10.1. The summed E-state index contributed by atoms with van der Waals surface area (Å²) in [6.45, 7) is 2.50. The van der Waals surface area contributed by atoms with Crippen LogP contribution in [0.2, 0.25) is 0 Å². The van der Waals surface area contributed by atoms with Crippen LogP contribution in [0.4, 0.5) is 18.3 Å². The minimum atomic E-state index is -4.47. The van der Waals surface area contributed by atoms with E-state index in [0.717, 1.165) is 6.42 Å². The van der Waals surface area contributed by atoms with E-state index >= 15 is 0 Å². The molecule has 3 nitrogen and oxygen atoms in total. The Morgan fingerprint density at radius 1 is 1.50 bits per heavy atom. The smallest absolute Gasteiger partial charge is 0.360 e. The third-order valence-electron chi connectivity index (χ3n) is 1.88. The molecule has 1 aromatic rings. The number of nitrogens with zero attached hydrogens (tertiary/aromatic N) is 2. The molecule has 1 rings (SSSR count). The van der Waals surface area contributed by atoms with Crippen molar-refractivity contribution in [3.8, 4) is 0 Å². The lowest BCUT2D eigenvalue weighted by molar-refractivity contribution is -0.144. The average molecular weight is 274 g/mol. The summed E-state index contributed by atoms with van der Waals surface area (Å²) < 4.78 is 39.7. The quantitative estimate of drug-likeness (QED) is 0.837. The molecule has 8 heteroatoms. The Morgan fingerprint density at radius 2 is 2.19 bits per heavy atom. The minimum absolute atomic E-state index is 0.189. The Labute approximate surface area is 100 Å². The van der Waals surface area contributed by atoms with Crippen LogP contribution < -0.4 is 5.32 Å². The molecule has 0 radical (unpaired) electrons. The third-order valence-corrected chi connectivity index (χ3v) is 2.77. The monoisotopic (exact) mass is 273 g/mol. The van der Waals surface area contributed by atoms with E-state index in [1.165, 1.54) is 0 Å². The zero-order valence-corrected chi connectivity index (χ0v) is 10.1. The molecule has 1 atom stereocenters. The first kappa shape index (κ1) is 13.5. The van der Waals surface area contributed by atoms with Gasteiger partial charge in [0.1, 0.15) is 0 Å². The van der Waals surface area contributed by atoms with E-state index in [1.807, 2.05) is 6.92 Å². The van der Waals surface area contributed by atoms with Crippen molar-refractivity contribution in [2.24, 2.45) is 5.92 Å². The predicted octanol–water partition coefficient (Wildman–Crippen LogP) is 3.23. The van der Waals surface area contributed by atoms with Gasteiger partial charge >= 0.3 is 6.18 Å². The second kappa shape index (κ2) is 5.67. The van der Waals surface area contributed by atoms with Crippen LogP contribution in [0.25, 0.3) is 0 Å². The number of alkyl halides is 4. The number of rotatable bonds is 5. The average Bonchev–Trinajstić information content (AvgIpc) is 2.63. The van der Waals surface area contributed by atoms with Crippen LogP contribution >= 0.6 is 23.1 Å². The van der Waals surface area contributed by atoms with Crippen molar-refractivity contribution in [2.75, 3.05) is 17.7 Å². The Morgan fingerprint density at radius 3 is 2.69 bits per heavy atom. The highest BCUT2D eigenvalue weighted by Gasteiger charge is 2.36. The van der Waals surface area contributed by atoms with Crippen molar-refractivity contribution in [2.45, 2.75) is 19.5 Å². The topological polar surface area (TPSA) is 37.8 Å². The molecule has 0 amide bonds. The van der Waals surface area contributed by atoms with Crippen LogP contribution in [0, 0.1) is 5.92 Å². The first-order chi connectivity index (χ1) is 7.43. The van der Waals surface area contributed by atoms with Crippen molar-refractivity contribution in [3.05, 3.63) is 5.82 Å². The lowest BCUT2D eigenvalue weighted by Crippen LogP contribution is -2.12. The van der Waals surface area contributed by atoms with Gasteiger partial charge in [-0.25, -0.2) is 0 Å². The molecule has 0 bridgehead atoms. The Kier molecular flexibility index (Phi) is 4.79. The van der Waals surface area contributed by atoms with E-state index in [9.17, 15) is 13.2 Å². The van der Waals surface area contributed by atoms with Gasteiger partial charge in [0.25, 0.3) is 0 Å². The van der Waals surface area contributed by atoms with Crippen molar-refractivity contribution >= 4 is 28.3 Å².